The molecule has 6 heteroatoms. The molecule has 0 radical (unpaired) electrons. The second-order valence-electron chi connectivity index (χ2n) is 6.85. The average Bonchev–Trinajstić information content (AvgIpc) is 3.18. The summed E-state index contributed by atoms with van der Waals surface area (Å²) in [5.41, 5.74) is 5.78. The van der Waals surface area contributed by atoms with E-state index in [-0.39, 0.29) is 23.0 Å². The van der Waals surface area contributed by atoms with Gasteiger partial charge in [0, 0.05) is 11.1 Å². The summed E-state index contributed by atoms with van der Waals surface area (Å²) in [6.07, 6.45) is 0.566. The number of carbonyl (C=O) groups excluding carboxylic acids is 1. The first-order chi connectivity index (χ1) is 13.0. The van der Waals surface area contributed by atoms with Gasteiger partial charge in [-0.15, -0.1) is 0 Å². The van der Waals surface area contributed by atoms with Gasteiger partial charge in [0.2, 0.25) is 5.13 Å². The minimum Gasteiger partial charge on any atom is -0.506 e. The number of hydrogen-bond acceptors (Lipinski definition) is 6. The zero-order valence-electron chi connectivity index (χ0n) is 15.1. The van der Waals surface area contributed by atoms with Crippen LogP contribution in [0.4, 0.5) is 5.13 Å². The number of ketones is 1. The fourth-order valence-corrected chi connectivity index (χ4v) is 3.97. The number of nitrogens with zero attached hydrogens (tertiary/aromatic N) is 2. The van der Waals surface area contributed by atoms with E-state index in [1.807, 2.05) is 30.3 Å². The molecule has 0 bridgehead atoms. The lowest BCUT2D eigenvalue weighted by molar-refractivity contribution is 0.104. The molecule has 0 saturated heterocycles. The van der Waals surface area contributed by atoms with E-state index in [2.05, 4.69) is 29.4 Å². The highest BCUT2D eigenvalue weighted by molar-refractivity contribution is 7.22. The molecule has 1 aliphatic rings. The van der Waals surface area contributed by atoms with Crippen LogP contribution in [0.5, 0.6) is 0 Å². The van der Waals surface area contributed by atoms with Crippen molar-refractivity contribution < 1.29 is 9.90 Å². The van der Waals surface area contributed by atoms with Gasteiger partial charge in [0.1, 0.15) is 5.76 Å². The SMILES string of the molecule is CC(C)C/C(=N/Nc1nc2ccccc2s1)C1=C(O)c2ccccc2C1=O. The number of carbonyl (C=O) groups is 1. The lowest BCUT2D eigenvalue weighted by Crippen LogP contribution is -2.15. The lowest BCUT2D eigenvalue weighted by Gasteiger charge is -2.10. The molecule has 0 unspecified atom stereocenters. The fourth-order valence-electron chi connectivity index (χ4n) is 3.16. The summed E-state index contributed by atoms with van der Waals surface area (Å²) >= 11 is 1.50. The number of rotatable bonds is 5. The Balaban J connectivity index is 1.70. The van der Waals surface area contributed by atoms with Crippen LogP contribution in [0.25, 0.3) is 16.0 Å². The van der Waals surface area contributed by atoms with Gasteiger partial charge >= 0.3 is 0 Å². The van der Waals surface area contributed by atoms with Crippen LogP contribution in [0.15, 0.2) is 59.2 Å². The summed E-state index contributed by atoms with van der Waals surface area (Å²) < 4.78 is 1.06. The van der Waals surface area contributed by atoms with Gasteiger partial charge in [0.25, 0.3) is 0 Å². The predicted molar refractivity (Wildman–Crippen MR) is 110 cm³/mol. The van der Waals surface area contributed by atoms with Crippen molar-refractivity contribution in [2.75, 3.05) is 5.43 Å². The number of nitrogens with one attached hydrogen (secondary N) is 1. The molecule has 5 nitrogen and oxygen atoms in total. The van der Waals surface area contributed by atoms with E-state index >= 15 is 0 Å². The van der Waals surface area contributed by atoms with E-state index in [0.29, 0.717) is 28.4 Å². The van der Waals surface area contributed by atoms with Gasteiger partial charge in [-0.25, -0.2) is 4.98 Å². The van der Waals surface area contributed by atoms with E-state index in [1.165, 1.54) is 11.3 Å². The van der Waals surface area contributed by atoms with E-state index in [4.69, 9.17) is 0 Å². The number of hydrazone groups is 1. The number of hydrogen-bond donors (Lipinski definition) is 2. The number of aliphatic hydroxyl groups excluding tert-OH is 1. The van der Waals surface area contributed by atoms with E-state index in [0.717, 1.165) is 10.2 Å². The number of thiazole rings is 1. The summed E-state index contributed by atoms with van der Waals surface area (Å²) in [7, 11) is 0. The molecular formula is C21H19N3O2S. The third kappa shape index (κ3) is 3.24. The van der Waals surface area contributed by atoms with Crippen LogP contribution in [0.2, 0.25) is 0 Å². The van der Waals surface area contributed by atoms with Gasteiger partial charge in [-0.3, -0.25) is 10.2 Å². The molecule has 0 saturated carbocycles. The smallest absolute Gasteiger partial charge is 0.204 e. The third-order valence-corrected chi connectivity index (χ3v) is 5.30. The molecule has 3 aromatic rings. The summed E-state index contributed by atoms with van der Waals surface area (Å²) in [6, 6.07) is 14.9. The molecule has 0 spiro atoms. The maximum absolute atomic E-state index is 12.8. The predicted octanol–water partition coefficient (Wildman–Crippen LogP) is 5.28. The van der Waals surface area contributed by atoms with Crippen LogP contribution in [0.3, 0.4) is 0 Å². The maximum Gasteiger partial charge on any atom is 0.204 e. The molecule has 2 aromatic carbocycles. The largest absolute Gasteiger partial charge is 0.506 e. The van der Waals surface area contributed by atoms with Gasteiger partial charge in [-0.05, 0) is 24.5 Å². The molecule has 136 valence electrons. The molecule has 0 fully saturated rings. The highest BCUT2D eigenvalue weighted by Gasteiger charge is 2.32. The quantitative estimate of drug-likeness (QED) is 0.469. The van der Waals surface area contributed by atoms with E-state index in [9.17, 15) is 9.90 Å². The van der Waals surface area contributed by atoms with Crippen LogP contribution in [-0.2, 0) is 0 Å². The van der Waals surface area contributed by atoms with Gasteiger partial charge in [-0.1, -0.05) is 61.6 Å². The highest BCUT2D eigenvalue weighted by Crippen LogP contribution is 2.33. The summed E-state index contributed by atoms with van der Waals surface area (Å²) in [6.45, 7) is 4.11. The second-order valence-corrected chi connectivity index (χ2v) is 7.88. The minimum absolute atomic E-state index is 0.00102. The topological polar surface area (TPSA) is 74.6 Å². The average molecular weight is 377 g/mol. The van der Waals surface area contributed by atoms with E-state index in [1.54, 1.807) is 18.2 Å². The van der Waals surface area contributed by atoms with Crippen molar-refractivity contribution >= 4 is 43.9 Å². The summed E-state index contributed by atoms with van der Waals surface area (Å²) in [5.74, 6) is 0.0902. The first-order valence-electron chi connectivity index (χ1n) is 8.80. The Morgan fingerprint density at radius 3 is 2.56 bits per heavy atom. The Morgan fingerprint density at radius 2 is 1.85 bits per heavy atom. The van der Waals surface area contributed by atoms with Crippen molar-refractivity contribution in [3.8, 4) is 0 Å². The molecule has 0 aliphatic heterocycles. The molecule has 27 heavy (non-hydrogen) atoms. The molecule has 2 N–H and O–H groups in total. The van der Waals surface area contributed by atoms with Crippen molar-refractivity contribution in [2.45, 2.75) is 20.3 Å². The number of benzene rings is 2. The van der Waals surface area contributed by atoms with Crippen LogP contribution in [-0.4, -0.2) is 21.6 Å². The van der Waals surface area contributed by atoms with Gasteiger partial charge in [-0.2, -0.15) is 5.10 Å². The fraction of sp³-hybridized carbons (Fsp3) is 0.190. The zero-order valence-corrected chi connectivity index (χ0v) is 15.9. The second kappa shape index (κ2) is 6.96. The Hall–Kier alpha value is -2.99. The molecule has 4 rings (SSSR count). The Bertz CT molecular complexity index is 1060. The van der Waals surface area contributed by atoms with Gasteiger partial charge < -0.3 is 5.11 Å². The number of Topliss-reactive ketones (excluding diaryl/α,β-unsaturated/α-hetero) is 1. The molecule has 1 heterocycles. The first kappa shape index (κ1) is 17.4. The van der Waals surface area contributed by atoms with Crippen LogP contribution >= 0.6 is 11.3 Å². The van der Waals surface area contributed by atoms with E-state index < -0.39 is 0 Å². The van der Waals surface area contributed by atoms with Crippen molar-refractivity contribution in [2.24, 2.45) is 11.0 Å². The molecule has 0 atom stereocenters. The molecule has 1 aliphatic carbocycles. The monoisotopic (exact) mass is 377 g/mol. The summed E-state index contributed by atoms with van der Waals surface area (Å²) in [5, 5.41) is 15.8. The Labute approximate surface area is 161 Å². The van der Waals surface area contributed by atoms with Crippen molar-refractivity contribution in [1.29, 1.82) is 0 Å². The number of fused-ring (bicyclic) bond motifs is 2. The normalized spacial score (nSPS) is 14.3. The van der Waals surface area contributed by atoms with Gasteiger partial charge in [0.05, 0.1) is 21.5 Å². The van der Waals surface area contributed by atoms with Gasteiger partial charge in [0.15, 0.2) is 5.78 Å². The number of aromatic nitrogens is 1. The van der Waals surface area contributed by atoms with Crippen LogP contribution in [0, 0.1) is 5.92 Å². The Kier molecular flexibility index (Phi) is 4.49. The zero-order chi connectivity index (χ0) is 19.0. The number of anilines is 1. The number of para-hydroxylation sites is 1. The number of allylic oxidation sites excluding steroid dienone is 1. The van der Waals surface area contributed by atoms with Crippen molar-refractivity contribution in [1.82, 2.24) is 4.98 Å². The molecule has 0 amide bonds. The van der Waals surface area contributed by atoms with Crippen molar-refractivity contribution in [3.05, 3.63) is 65.2 Å². The standard InChI is InChI=1S/C21H19N3O2S/c1-12(2)11-16(18-19(25)13-7-3-4-8-14(13)20(18)26)23-24-21-22-15-9-5-6-10-17(15)27-21/h3-10,12,25H,11H2,1-2H3,(H,22,24)/b23-16-. The maximum atomic E-state index is 12.8. The molecule has 1 aromatic heterocycles. The summed E-state index contributed by atoms with van der Waals surface area (Å²) in [4.78, 5) is 17.3. The first-order valence-corrected chi connectivity index (χ1v) is 9.62. The Morgan fingerprint density at radius 1 is 1.15 bits per heavy atom. The lowest BCUT2D eigenvalue weighted by atomic mass is 9.98. The van der Waals surface area contributed by atoms with Crippen molar-refractivity contribution in [3.63, 3.8) is 0 Å². The number of aliphatic hydroxyl groups is 1. The third-order valence-electron chi connectivity index (χ3n) is 4.36. The van der Waals surface area contributed by atoms with Crippen LogP contribution in [0.1, 0.15) is 36.2 Å². The molecular weight excluding hydrogens is 358 g/mol. The highest BCUT2D eigenvalue weighted by atomic mass is 32.1. The minimum atomic E-state index is -0.186. The van der Waals surface area contributed by atoms with Crippen LogP contribution < -0.4 is 5.43 Å².